The molecule has 22 heavy (non-hydrogen) atoms. The number of halogens is 2. The number of anilines is 1. The molecule has 0 aromatic heterocycles. The number of hydrogen-bond donors (Lipinski definition) is 1. The number of amides is 1. The molecule has 1 N–H and O–H groups in total. The lowest BCUT2D eigenvalue weighted by molar-refractivity contribution is -0.124. The molecule has 0 saturated carbocycles. The second-order valence-corrected chi connectivity index (χ2v) is 6.46. The second-order valence-electron chi connectivity index (χ2n) is 5.60. The number of carbonyl (C=O) groups excluding carboxylic acids is 1. The molecule has 1 aromatic rings. The summed E-state index contributed by atoms with van der Waals surface area (Å²) in [5.74, 6) is -0.814. The van der Waals surface area contributed by atoms with Crippen LogP contribution in [-0.2, 0) is 16.0 Å². The molecule has 1 rings (SSSR count). The van der Waals surface area contributed by atoms with Crippen LogP contribution < -0.4 is 5.32 Å². The van der Waals surface area contributed by atoms with E-state index in [0.29, 0.717) is 30.1 Å². The summed E-state index contributed by atoms with van der Waals surface area (Å²) in [6.45, 7) is 7.81. The van der Waals surface area contributed by atoms with Gasteiger partial charge in [0.25, 0.3) is 0 Å². The number of thiocarbonyl (C=S) groups is 1. The van der Waals surface area contributed by atoms with Gasteiger partial charge in [0.15, 0.2) is 5.05 Å². The van der Waals surface area contributed by atoms with Crippen LogP contribution in [0.4, 0.5) is 10.1 Å². The molecule has 0 aliphatic heterocycles. The lowest BCUT2D eigenvalue weighted by atomic mass is 9.89. The maximum absolute atomic E-state index is 14.0. The smallest absolute Gasteiger partial charge is 0.230 e. The van der Waals surface area contributed by atoms with Crippen molar-refractivity contribution in [2.45, 2.75) is 40.5 Å². The number of benzene rings is 1. The summed E-state index contributed by atoms with van der Waals surface area (Å²) >= 11 is 11.1. The summed E-state index contributed by atoms with van der Waals surface area (Å²) in [7, 11) is 0. The molecule has 0 fully saturated rings. The van der Waals surface area contributed by atoms with Crippen molar-refractivity contribution in [3.63, 3.8) is 0 Å². The molecular formula is C16H21ClFNO2S. The quantitative estimate of drug-likeness (QED) is 0.755. The first kappa shape index (κ1) is 18.8. The van der Waals surface area contributed by atoms with Gasteiger partial charge in [-0.3, -0.25) is 4.79 Å². The fourth-order valence-corrected chi connectivity index (χ4v) is 2.14. The molecule has 0 saturated heterocycles. The lowest BCUT2D eigenvalue weighted by Gasteiger charge is -2.22. The summed E-state index contributed by atoms with van der Waals surface area (Å²) < 4.78 is 19.2. The van der Waals surface area contributed by atoms with Crippen molar-refractivity contribution in [3.8, 4) is 0 Å². The van der Waals surface area contributed by atoms with E-state index in [9.17, 15) is 9.18 Å². The standard InChI is InChI=1S/C16H21ClFNO2S/c1-5-16(3,4)15(20)19-13-7-10(8-14(22)21-6-2)11(17)9-12(13)18/h7,9H,5-6,8H2,1-4H3,(H,19,20). The summed E-state index contributed by atoms with van der Waals surface area (Å²) in [6.07, 6.45) is 0.942. The van der Waals surface area contributed by atoms with Gasteiger partial charge in [0.1, 0.15) is 5.82 Å². The Labute approximate surface area is 141 Å². The number of rotatable bonds is 6. The monoisotopic (exact) mass is 345 g/mol. The minimum Gasteiger partial charge on any atom is -0.487 e. The van der Waals surface area contributed by atoms with Gasteiger partial charge in [-0.25, -0.2) is 4.39 Å². The van der Waals surface area contributed by atoms with Crippen molar-refractivity contribution in [2.75, 3.05) is 11.9 Å². The zero-order chi connectivity index (χ0) is 16.9. The van der Waals surface area contributed by atoms with Crippen LogP contribution in [0.5, 0.6) is 0 Å². The highest BCUT2D eigenvalue weighted by Gasteiger charge is 2.26. The molecule has 0 heterocycles. The van der Waals surface area contributed by atoms with E-state index in [2.05, 4.69) is 5.32 Å². The molecule has 0 atom stereocenters. The Bertz CT molecular complexity index is 576. The summed E-state index contributed by atoms with van der Waals surface area (Å²) in [6, 6.07) is 2.69. The Morgan fingerprint density at radius 1 is 1.41 bits per heavy atom. The summed E-state index contributed by atoms with van der Waals surface area (Å²) in [5.41, 5.74) is 0.142. The van der Waals surface area contributed by atoms with Gasteiger partial charge in [0.2, 0.25) is 5.91 Å². The predicted octanol–water partition coefficient (Wildman–Crippen LogP) is 4.76. The first-order valence-corrected chi connectivity index (χ1v) is 7.94. The van der Waals surface area contributed by atoms with Crippen molar-refractivity contribution in [2.24, 2.45) is 5.41 Å². The van der Waals surface area contributed by atoms with Gasteiger partial charge < -0.3 is 10.1 Å². The van der Waals surface area contributed by atoms with Crippen LogP contribution >= 0.6 is 23.8 Å². The molecule has 1 amide bonds. The van der Waals surface area contributed by atoms with Gasteiger partial charge in [0, 0.05) is 16.9 Å². The third-order valence-corrected chi connectivity index (χ3v) is 4.14. The predicted molar refractivity (Wildman–Crippen MR) is 92.0 cm³/mol. The van der Waals surface area contributed by atoms with Crippen LogP contribution in [0, 0.1) is 11.2 Å². The van der Waals surface area contributed by atoms with E-state index in [0.717, 1.165) is 0 Å². The van der Waals surface area contributed by atoms with Gasteiger partial charge in [-0.15, -0.1) is 0 Å². The molecule has 0 radical (unpaired) electrons. The lowest BCUT2D eigenvalue weighted by Crippen LogP contribution is -2.30. The Morgan fingerprint density at radius 2 is 2.05 bits per heavy atom. The van der Waals surface area contributed by atoms with Crippen LogP contribution in [-0.4, -0.2) is 17.6 Å². The minimum absolute atomic E-state index is 0.102. The minimum atomic E-state index is -0.577. The largest absolute Gasteiger partial charge is 0.487 e. The maximum Gasteiger partial charge on any atom is 0.230 e. The first-order valence-electron chi connectivity index (χ1n) is 7.16. The van der Waals surface area contributed by atoms with Crippen LogP contribution in [0.25, 0.3) is 0 Å². The van der Waals surface area contributed by atoms with Crippen LogP contribution in [0.3, 0.4) is 0 Å². The number of ether oxygens (including phenoxy) is 1. The highest BCUT2D eigenvalue weighted by Crippen LogP contribution is 2.28. The molecular weight excluding hydrogens is 325 g/mol. The molecule has 122 valence electrons. The van der Waals surface area contributed by atoms with E-state index in [1.807, 2.05) is 13.8 Å². The molecule has 0 spiro atoms. The number of nitrogens with one attached hydrogen (secondary N) is 1. The van der Waals surface area contributed by atoms with Crippen molar-refractivity contribution in [3.05, 3.63) is 28.5 Å². The first-order chi connectivity index (χ1) is 10.2. The molecule has 0 unspecified atom stereocenters. The van der Waals surface area contributed by atoms with Gasteiger partial charge >= 0.3 is 0 Å². The zero-order valence-corrected chi connectivity index (χ0v) is 14.8. The molecule has 6 heteroatoms. The molecule has 0 aliphatic rings. The Hall–Kier alpha value is -1.20. The SMILES string of the molecule is CCOC(=S)Cc1cc(NC(=O)C(C)(C)CC)c(F)cc1Cl. The Balaban J connectivity index is 3.01. The highest BCUT2D eigenvalue weighted by molar-refractivity contribution is 7.80. The van der Waals surface area contributed by atoms with E-state index in [1.54, 1.807) is 13.8 Å². The molecule has 3 nitrogen and oxygen atoms in total. The van der Waals surface area contributed by atoms with E-state index >= 15 is 0 Å². The fourth-order valence-electron chi connectivity index (χ4n) is 1.64. The number of hydrogen-bond acceptors (Lipinski definition) is 3. The van der Waals surface area contributed by atoms with Crippen molar-refractivity contribution < 1.29 is 13.9 Å². The average molecular weight is 346 g/mol. The van der Waals surface area contributed by atoms with E-state index in [-0.39, 0.29) is 16.6 Å². The third-order valence-electron chi connectivity index (χ3n) is 3.52. The molecule has 1 aromatic carbocycles. The van der Waals surface area contributed by atoms with Crippen molar-refractivity contribution in [1.82, 2.24) is 0 Å². The van der Waals surface area contributed by atoms with Gasteiger partial charge in [-0.05, 0) is 43.3 Å². The zero-order valence-electron chi connectivity index (χ0n) is 13.3. The van der Waals surface area contributed by atoms with Gasteiger partial charge in [-0.2, -0.15) is 0 Å². The summed E-state index contributed by atoms with van der Waals surface area (Å²) in [4.78, 5) is 12.2. The topological polar surface area (TPSA) is 38.3 Å². The van der Waals surface area contributed by atoms with Crippen LogP contribution in [0.1, 0.15) is 39.7 Å². The fraction of sp³-hybridized carbons (Fsp3) is 0.500. The van der Waals surface area contributed by atoms with Crippen molar-refractivity contribution in [1.29, 1.82) is 0 Å². The van der Waals surface area contributed by atoms with Crippen molar-refractivity contribution >= 4 is 40.5 Å². The summed E-state index contributed by atoms with van der Waals surface area (Å²) in [5, 5.41) is 3.25. The highest BCUT2D eigenvalue weighted by atomic mass is 35.5. The Kier molecular flexibility index (Phi) is 6.75. The third kappa shape index (κ3) is 4.92. The second kappa shape index (κ2) is 7.88. The van der Waals surface area contributed by atoms with Gasteiger partial charge in [-0.1, -0.05) is 32.4 Å². The van der Waals surface area contributed by atoms with Crippen LogP contribution in [0.15, 0.2) is 12.1 Å². The van der Waals surface area contributed by atoms with E-state index in [4.69, 9.17) is 28.6 Å². The van der Waals surface area contributed by atoms with Crippen LogP contribution in [0.2, 0.25) is 5.02 Å². The average Bonchev–Trinajstić information content (AvgIpc) is 2.44. The normalized spacial score (nSPS) is 11.2. The maximum atomic E-state index is 14.0. The Morgan fingerprint density at radius 3 is 2.59 bits per heavy atom. The van der Waals surface area contributed by atoms with Gasteiger partial charge in [0.05, 0.1) is 12.3 Å². The molecule has 0 bridgehead atoms. The number of carbonyl (C=O) groups is 1. The van der Waals surface area contributed by atoms with E-state index < -0.39 is 11.2 Å². The molecule has 0 aliphatic carbocycles. The van der Waals surface area contributed by atoms with E-state index in [1.165, 1.54) is 12.1 Å².